The molecule has 3 amide bonds. The van der Waals surface area contributed by atoms with Crippen molar-refractivity contribution in [1.82, 2.24) is 20.9 Å². The molecular weight excluding hydrogens is 914 g/mol. The summed E-state index contributed by atoms with van der Waals surface area (Å²) in [7, 11) is -0.761. The predicted octanol–water partition coefficient (Wildman–Crippen LogP) is 11.2. The van der Waals surface area contributed by atoms with Crippen molar-refractivity contribution in [3.8, 4) is 22.6 Å². The number of carbonyl (C=O) groups excluding carboxylic acids is 3. The number of aromatic hydroxyl groups is 1. The van der Waals surface area contributed by atoms with E-state index in [-0.39, 0.29) is 45.0 Å². The van der Waals surface area contributed by atoms with Crippen molar-refractivity contribution in [2.24, 2.45) is 0 Å². The molecule has 6 N–H and O–H groups in total. The van der Waals surface area contributed by atoms with E-state index in [0.29, 0.717) is 80.5 Å². The predicted molar refractivity (Wildman–Crippen MR) is 275 cm³/mol. The number of rotatable bonds is 17. The number of phenols is 1. The number of nitrogens with one attached hydrogen (secondary N) is 5. The van der Waals surface area contributed by atoms with E-state index in [9.17, 15) is 24.3 Å². The van der Waals surface area contributed by atoms with E-state index in [1.807, 2.05) is 75.4 Å². The molecule has 1 atom stereocenters. The van der Waals surface area contributed by atoms with E-state index >= 15 is 0 Å². The van der Waals surface area contributed by atoms with E-state index < -0.39 is 32.2 Å². The SMILES string of the molecule is COc1cc(C(=O)NCCCc2ccc(-c3ccccc3)c(NC(=O)OC3CCC(NC(=O)OC(C)(C)C)CC3)c2)c(Cl)cc1CNC[C@@H](O[Si](C)(C)C(C)(C)C)c1ccc(O)c2[nH]c(=O)ccc12. The summed E-state index contributed by atoms with van der Waals surface area (Å²) in [5.74, 6) is 0.137. The monoisotopic (exact) mass is 981 g/mol. The van der Waals surface area contributed by atoms with Gasteiger partial charge in [0.05, 0.1) is 35.0 Å². The highest BCUT2D eigenvalue weighted by molar-refractivity contribution is 6.74. The number of aromatic amines is 1. The second-order valence-corrected chi connectivity index (χ2v) is 25.3. The highest BCUT2D eigenvalue weighted by Crippen LogP contribution is 2.41. The summed E-state index contributed by atoms with van der Waals surface area (Å²) >= 11 is 6.78. The Morgan fingerprint density at radius 3 is 2.30 bits per heavy atom. The zero-order valence-corrected chi connectivity index (χ0v) is 43.0. The molecule has 16 heteroatoms. The molecule has 5 aromatic rings. The molecule has 1 heterocycles. The molecule has 1 aliphatic carbocycles. The number of phenolic OH excluding ortho intramolecular Hbond substituents is 1. The molecule has 1 aromatic heterocycles. The quantitative estimate of drug-likeness (QED) is 0.0386. The van der Waals surface area contributed by atoms with Crippen LogP contribution >= 0.6 is 11.6 Å². The maximum Gasteiger partial charge on any atom is 0.411 e. The average Bonchev–Trinajstić information content (AvgIpc) is 3.28. The molecule has 1 fully saturated rings. The standard InChI is InChI=1S/C53H68ClN5O9Si/c1-52(2,3)67-51(64)57-36-18-20-37(21-19-36)66-50(63)58-43-28-33(17-22-38(43)34-15-11-10-12-16-34)14-13-27-56-49(62)41-30-45(65-7)35(29-42(41)54)31-55-32-46(68-69(8,9)53(4,5)6)39-23-25-44(60)48-40(39)24-26-47(61)59-48/h10-12,15-17,22-26,28-30,36-37,46,55,60H,13-14,18-21,27,31-32H2,1-9H3,(H,56,62)(H,57,64)(H,58,63)(H,59,61)/t36?,37?,46-/m1/s1. The zero-order valence-electron chi connectivity index (χ0n) is 41.3. The Morgan fingerprint density at radius 1 is 0.899 bits per heavy atom. The third-order valence-electron chi connectivity index (χ3n) is 12.8. The van der Waals surface area contributed by atoms with Gasteiger partial charge in [0, 0.05) is 48.3 Å². The number of hydrogen-bond donors (Lipinski definition) is 6. The van der Waals surface area contributed by atoms with Crippen LogP contribution in [0.2, 0.25) is 23.2 Å². The summed E-state index contributed by atoms with van der Waals surface area (Å²) in [5, 5.41) is 23.9. The normalized spacial score (nSPS) is 15.8. The fourth-order valence-electron chi connectivity index (χ4n) is 8.12. The number of hydrogen-bond acceptors (Lipinski definition) is 10. The molecule has 14 nitrogen and oxygen atoms in total. The fraction of sp³-hybridized carbons (Fsp3) is 0.434. The van der Waals surface area contributed by atoms with Crippen LogP contribution in [-0.2, 0) is 26.9 Å². The molecule has 0 unspecified atom stereocenters. The molecule has 1 aliphatic rings. The van der Waals surface area contributed by atoms with Gasteiger partial charge in [-0.3, -0.25) is 14.9 Å². The van der Waals surface area contributed by atoms with E-state index in [2.05, 4.69) is 60.1 Å². The second kappa shape index (κ2) is 22.7. The maximum atomic E-state index is 13.5. The van der Waals surface area contributed by atoms with Crippen molar-refractivity contribution < 1.29 is 38.1 Å². The highest BCUT2D eigenvalue weighted by atomic mass is 35.5. The van der Waals surface area contributed by atoms with Crippen molar-refractivity contribution in [2.75, 3.05) is 25.5 Å². The van der Waals surface area contributed by atoms with Gasteiger partial charge >= 0.3 is 12.2 Å². The number of fused-ring (bicyclic) bond motifs is 1. The Morgan fingerprint density at radius 2 is 1.62 bits per heavy atom. The Hall–Kier alpha value is -5.87. The Labute approximate surface area is 411 Å². The van der Waals surface area contributed by atoms with Crippen molar-refractivity contribution in [3.63, 3.8) is 0 Å². The van der Waals surface area contributed by atoms with Crippen LogP contribution < -0.4 is 31.6 Å². The molecular formula is C53H68ClN5O9Si. The van der Waals surface area contributed by atoms with Crippen molar-refractivity contribution in [3.05, 3.63) is 123 Å². The fourth-order valence-corrected chi connectivity index (χ4v) is 9.67. The topological polar surface area (TPSA) is 189 Å². The van der Waals surface area contributed by atoms with E-state index in [1.165, 1.54) is 6.07 Å². The number of anilines is 1. The summed E-state index contributed by atoms with van der Waals surface area (Å²) in [6.07, 6.45) is 2.11. The van der Waals surface area contributed by atoms with Gasteiger partial charge < -0.3 is 44.7 Å². The van der Waals surface area contributed by atoms with Gasteiger partial charge in [0.2, 0.25) is 5.56 Å². The molecule has 0 spiro atoms. The molecule has 1 saturated carbocycles. The summed E-state index contributed by atoms with van der Waals surface area (Å²) < 4.78 is 24.0. The van der Waals surface area contributed by atoms with Crippen LogP contribution in [0.25, 0.3) is 22.0 Å². The second-order valence-electron chi connectivity index (χ2n) is 20.2. The summed E-state index contributed by atoms with van der Waals surface area (Å²) in [6.45, 7) is 17.5. The number of alkyl carbamates (subject to hydrolysis) is 1. The van der Waals surface area contributed by atoms with Crippen LogP contribution in [0.4, 0.5) is 15.3 Å². The minimum absolute atomic E-state index is 0.0195. The van der Waals surface area contributed by atoms with Gasteiger partial charge in [-0.15, -0.1) is 0 Å². The van der Waals surface area contributed by atoms with Gasteiger partial charge in [0.1, 0.15) is 23.2 Å². The number of pyridine rings is 1. The minimum atomic E-state index is -2.31. The maximum absolute atomic E-state index is 13.5. The number of aromatic nitrogens is 1. The van der Waals surface area contributed by atoms with Crippen molar-refractivity contribution in [2.45, 2.75) is 129 Å². The van der Waals surface area contributed by atoms with Crippen LogP contribution in [0.3, 0.4) is 0 Å². The lowest BCUT2D eigenvalue weighted by molar-refractivity contribution is 0.0440. The smallest absolute Gasteiger partial charge is 0.411 e. The molecule has 0 saturated heterocycles. The lowest BCUT2D eigenvalue weighted by atomic mass is 9.93. The third kappa shape index (κ3) is 14.3. The first-order chi connectivity index (χ1) is 32.6. The lowest BCUT2D eigenvalue weighted by Gasteiger charge is -2.39. The lowest BCUT2D eigenvalue weighted by Crippen LogP contribution is -2.43. The first-order valence-electron chi connectivity index (χ1n) is 23.6. The van der Waals surface area contributed by atoms with E-state index in [4.69, 9.17) is 30.2 Å². The number of halogens is 1. The van der Waals surface area contributed by atoms with Gasteiger partial charge in [-0.25, -0.2) is 9.59 Å². The molecule has 0 aliphatic heterocycles. The number of aryl methyl sites for hydroxylation is 1. The minimum Gasteiger partial charge on any atom is -0.506 e. The summed E-state index contributed by atoms with van der Waals surface area (Å²) in [4.78, 5) is 54.0. The van der Waals surface area contributed by atoms with E-state index in [1.54, 1.807) is 31.4 Å². The van der Waals surface area contributed by atoms with Gasteiger partial charge in [0.25, 0.3) is 5.91 Å². The zero-order chi connectivity index (χ0) is 50.1. The summed E-state index contributed by atoms with van der Waals surface area (Å²) in [6, 6.07) is 25.6. The molecule has 4 aromatic carbocycles. The first kappa shape index (κ1) is 52.5. The molecule has 0 radical (unpaired) electrons. The van der Waals surface area contributed by atoms with Crippen LogP contribution in [0.1, 0.15) is 107 Å². The number of amides is 3. The van der Waals surface area contributed by atoms with Gasteiger partial charge in [-0.1, -0.05) is 80.9 Å². The Balaban J connectivity index is 1.05. The third-order valence-corrected chi connectivity index (χ3v) is 17.6. The van der Waals surface area contributed by atoms with Crippen LogP contribution in [0.15, 0.2) is 89.7 Å². The number of benzene rings is 4. The van der Waals surface area contributed by atoms with Crippen molar-refractivity contribution >= 4 is 54.6 Å². The number of carbonyl (C=O) groups is 3. The Kier molecular flexibility index (Phi) is 17.3. The largest absolute Gasteiger partial charge is 0.506 e. The average molecular weight is 983 g/mol. The van der Waals surface area contributed by atoms with Crippen LogP contribution in [0.5, 0.6) is 11.5 Å². The number of methoxy groups -OCH3 is 1. The number of ether oxygens (including phenoxy) is 3. The molecule has 0 bridgehead atoms. The molecule has 6 rings (SSSR count). The molecule has 69 heavy (non-hydrogen) atoms. The van der Waals surface area contributed by atoms with Gasteiger partial charge in [-0.05, 0) is 124 Å². The van der Waals surface area contributed by atoms with Crippen LogP contribution in [0, 0.1) is 0 Å². The Bertz CT molecular complexity index is 2660. The van der Waals surface area contributed by atoms with Crippen molar-refractivity contribution in [1.29, 1.82) is 0 Å². The molecule has 370 valence electrons. The van der Waals surface area contributed by atoms with Crippen LogP contribution in [-0.4, -0.2) is 74.4 Å². The number of H-pyrrole nitrogens is 1. The van der Waals surface area contributed by atoms with Gasteiger partial charge in [-0.2, -0.15) is 0 Å². The first-order valence-corrected chi connectivity index (χ1v) is 26.9. The highest BCUT2D eigenvalue weighted by Gasteiger charge is 2.40. The summed E-state index contributed by atoms with van der Waals surface area (Å²) in [5.41, 5.74) is 4.70. The van der Waals surface area contributed by atoms with E-state index in [0.717, 1.165) is 27.8 Å². The van der Waals surface area contributed by atoms with Gasteiger partial charge in [0.15, 0.2) is 8.32 Å².